The minimum absolute atomic E-state index is 0.147. The molecule has 1 aliphatic heterocycles. The number of hydrogen-bond acceptors (Lipinski definition) is 3. The third-order valence-corrected chi connectivity index (χ3v) is 3.77. The number of halogens is 2. The summed E-state index contributed by atoms with van der Waals surface area (Å²) in [6.45, 7) is 0.227. The third-order valence-electron chi connectivity index (χ3n) is 3.03. The number of benzene rings is 2. The summed E-state index contributed by atoms with van der Waals surface area (Å²) < 4.78 is 10.5. The maximum absolute atomic E-state index is 12.1. The molecule has 1 aliphatic rings. The summed E-state index contributed by atoms with van der Waals surface area (Å²) in [6, 6.07) is 10.3. The lowest BCUT2D eigenvalue weighted by Gasteiger charge is -2.00. The number of ketones is 1. The van der Waals surface area contributed by atoms with Crippen LogP contribution < -0.4 is 9.47 Å². The first-order valence-corrected chi connectivity index (χ1v) is 6.96. The van der Waals surface area contributed by atoms with E-state index in [2.05, 4.69) is 0 Å². The number of rotatable bonds is 3. The summed E-state index contributed by atoms with van der Waals surface area (Å²) in [5.41, 5.74) is 1.34. The van der Waals surface area contributed by atoms with Crippen LogP contribution >= 0.6 is 23.2 Å². The Balaban J connectivity index is 1.79. The van der Waals surface area contributed by atoms with Gasteiger partial charge in [0.15, 0.2) is 17.3 Å². The molecule has 3 nitrogen and oxygen atoms in total. The van der Waals surface area contributed by atoms with Crippen molar-refractivity contribution >= 4 is 35.1 Å². The van der Waals surface area contributed by atoms with Crippen molar-refractivity contribution in [2.45, 2.75) is 0 Å². The lowest BCUT2D eigenvalue weighted by atomic mass is 10.1. The van der Waals surface area contributed by atoms with Gasteiger partial charge in [0, 0.05) is 5.56 Å². The highest BCUT2D eigenvalue weighted by Gasteiger charge is 2.12. The molecular formula is C16H10Cl2O3. The van der Waals surface area contributed by atoms with Crippen LogP contribution in [-0.2, 0) is 0 Å². The standard InChI is InChI=1S/C16H10Cl2O3/c17-12-4-3-11(8-13(12)18)14(19)5-1-10-2-6-15-16(7-10)21-9-20-15/h1-8H,9H2/b5-1-. The molecule has 0 saturated heterocycles. The normalized spacial score (nSPS) is 12.9. The summed E-state index contributed by atoms with van der Waals surface area (Å²) in [7, 11) is 0. The summed E-state index contributed by atoms with van der Waals surface area (Å²) in [6.07, 6.45) is 3.20. The van der Waals surface area contributed by atoms with E-state index < -0.39 is 0 Å². The van der Waals surface area contributed by atoms with Gasteiger partial charge >= 0.3 is 0 Å². The van der Waals surface area contributed by atoms with Gasteiger partial charge in [-0.3, -0.25) is 4.79 Å². The van der Waals surface area contributed by atoms with Gasteiger partial charge in [-0.1, -0.05) is 35.3 Å². The van der Waals surface area contributed by atoms with Crippen molar-refractivity contribution in [2.75, 3.05) is 6.79 Å². The number of allylic oxidation sites excluding steroid dienone is 1. The second kappa shape index (κ2) is 5.80. The van der Waals surface area contributed by atoms with Crippen LogP contribution in [0.2, 0.25) is 10.0 Å². The highest BCUT2D eigenvalue weighted by Crippen LogP contribution is 2.32. The Morgan fingerprint density at radius 3 is 2.62 bits per heavy atom. The molecule has 0 radical (unpaired) electrons. The number of carbonyl (C=O) groups excluding carboxylic acids is 1. The van der Waals surface area contributed by atoms with Gasteiger partial charge in [-0.05, 0) is 42.0 Å². The molecule has 5 heteroatoms. The summed E-state index contributed by atoms with van der Waals surface area (Å²) in [5, 5.41) is 0.784. The highest BCUT2D eigenvalue weighted by atomic mass is 35.5. The Hall–Kier alpha value is -1.97. The monoisotopic (exact) mass is 320 g/mol. The molecule has 0 N–H and O–H groups in total. The zero-order chi connectivity index (χ0) is 14.8. The number of hydrogen-bond donors (Lipinski definition) is 0. The fraction of sp³-hybridized carbons (Fsp3) is 0.0625. The molecule has 0 aromatic heterocycles. The fourth-order valence-electron chi connectivity index (χ4n) is 1.93. The van der Waals surface area contributed by atoms with Crippen LogP contribution in [0.3, 0.4) is 0 Å². The topological polar surface area (TPSA) is 35.5 Å². The molecule has 0 bridgehead atoms. The van der Waals surface area contributed by atoms with Crippen molar-refractivity contribution in [2.24, 2.45) is 0 Å². The molecule has 2 aromatic rings. The number of fused-ring (bicyclic) bond motifs is 1. The Bertz CT molecular complexity index is 738. The number of carbonyl (C=O) groups is 1. The Morgan fingerprint density at radius 2 is 1.81 bits per heavy atom. The van der Waals surface area contributed by atoms with E-state index in [4.69, 9.17) is 32.7 Å². The van der Waals surface area contributed by atoms with Crippen molar-refractivity contribution in [1.82, 2.24) is 0 Å². The zero-order valence-electron chi connectivity index (χ0n) is 10.8. The Kier molecular flexibility index (Phi) is 3.86. The quantitative estimate of drug-likeness (QED) is 0.611. The van der Waals surface area contributed by atoms with E-state index >= 15 is 0 Å². The second-order valence-electron chi connectivity index (χ2n) is 4.44. The molecule has 0 aliphatic carbocycles. The van der Waals surface area contributed by atoms with E-state index in [9.17, 15) is 4.79 Å². The largest absolute Gasteiger partial charge is 0.454 e. The lowest BCUT2D eigenvalue weighted by Crippen LogP contribution is -1.93. The molecular weight excluding hydrogens is 311 g/mol. The van der Waals surface area contributed by atoms with Crippen molar-refractivity contribution in [3.63, 3.8) is 0 Å². The van der Waals surface area contributed by atoms with E-state index in [0.717, 1.165) is 5.56 Å². The summed E-state index contributed by atoms with van der Waals surface area (Å²) >= 11 is 11.7. The smallest absolute Gasteiger partial charge is 0.231 e. The summed E-state index contributed by atoms with van der Waals surface area (Å²) in [4.78, 5) is 12.1. The number of ether oxygens (including phenoxy) is 2. The van der Waals surface area contributed by atoms with Crippen LogP contribution in [0, 0.1) is 0 Å². The van der Waals surface area contributed by atoms with Gasteiger partial charge in [0.1, 0.15) is 0 Å². The first kappa shape index (κ1) is 14.0. The molecule has 0 unspecified atom stereocenters. The van der Waals surface area contributed by atoms with Crippen molar-refractivity contribution in [3.8, 4) is 11.5 Å². The van der Waals surface area contributed by atoms with E-state index in [1.807, 2.05) is 18.2 Å². The van der Waals surface area contributed by atoms with Crippen molar-refractivity contribution in [3.05, 3.63) is 63.6 Å². The first-order chi connectivity index (χ1) is 10.1. The van der Waals surface area contributed by atoms with Crippen molar-refractivity contribution in [1.29, 1.82) is 0 Å². The molecule has 0 fully saturated rings. The zero-order valence-corrected chi connectivity index (χ0v) is 12.3. The van der Waals surface area contributed by atoms with Crippen LogP contribution in [0.25, 0.3) is 6.08 Å². The molecule has 0 spiro atoms. The van der Waals surface area contributed by atoms with Gasteiger partial charge in [-0.25, -0.2) is 0 Å². The molecule has 1 heterocycles. The molecule has 2 aromatic carbocycles. The van der Waals surface area contributed by atoms with Crippen LogP contribution in [0.15, 0.2) is 42.5 Å². The van der Waals surface area contributed by atoms with Crippen LogP contribution in [0.5, 0.6) is 11.5 Å². The van der Waals surface area contributed by atoms with Gasteiger partial charge in [-0.15, -0.1) is 0 Å². The second-order valence-corrected chi connectivity index (χ2v) is 5.25. The first-order valence-electron chi connectivity index (χ1n) is 6.20. The minimum Gasteiger partial charge on any atom is -0.454 e. The molecule has 21 heavy (non-hydrogen) atoms. The van der Waals surface area contributed by atoms with E-state index in [-0.39, 0.29) is 12.6 Å². The fourth-order valence-corrected chi connectivity index (χ4v) is 2.23. The SMILES string of the molecule is O=C(/C=C\c1ccc2c(c1)OCO2)c1ccc(Cl)c(Cl)c1. The van der Waals surface area contributed by atoms with Gasteiger partial charge in [-0.2, -0.15) is 0 Å². The van der Waals surface area contributed by atoms with Gasteiger partial charge in [0.2, 0.25) is 6.79 Å². The lowest BCUT2D eigenvalue weighted by molar-refractivity contribution is 0.104. The maximum atomic E-state index is 12.1. The van der Waals surface area contributed by atoms with Crippen LogP contribution in [-0.4, -0.2) is 12.6 Å². The van der Waals surface area contributed by atoms with Gasteiger partial charge < -0.3 is 9.47 Å². The third kappa shape index (κ3) is 3.04. The predicted molar refractivity (Wildman–Crippen MR) is 82.4 cm³/mol. The van der Waals surface area contributed by atoms with E-state index in [1.165, 1.54) is 6.08 Å². The minimum atomic E-state index is -0.147. The maximum Gasteiger partial charge on any atom is 0.231 e. The van der Waals surface area contributed by atoms with E-state index in [0.29, 0.717) is 27.1 Å². The van der Waals surface area contributed by atoms with Crippen LogP contribution in [0.1, 0.15) is 15.9 Å². The molecule has 0 atom stereocenters. The Labute approximate surface area is 131 Å². The molecule has 3 rings (SSSR count). The summed E-state index contributed by atoms with van der Waals surface area (Å²) in [5.74, 6) is 1.24. The average Bonchev–Trinajstić information content (AvgIpc) is 2.95. The van der Waals surface area contributed by atoms with Gasteiger partial charge in [0.25, 0.3) is 0 Å². The van der Waals surface area contributed by atoms with Gasteiger partial charge in [0.05, 0.1) is 10.0 Å². The molecule has 0 saturated carbocycles. The highest BCUT2D eigenvalue weighted by molar-refractivity contribution is 6.42. The molecule has 0 amide bonds. The Morgan fingerprint density at radius 1 is 1.00 bits per heavy atom. The van der Waals surface area contributed by atoms with Crippen molar-refractivity contribution < 1.29 is 14.3 Å². The van der Waals surface area contributed by atoms with E-state index in [1.54, 1.807) is 24.3 Å². The average molecular weight is 321 g/mol. The predicted octanol–water partition coefficient (Wildman–Crippen LogP) is 4.62. The van der Waals surface area contributed by atoms with Crippen LogP contribution in [0.4, 0.5) is 0 Å². The molecule has 106 valence electrons.